The molecular weight excluding hydrogens is 859 g/mol. The fourth-order valence-corrected chi connectivity index (χ4v) is 8.85. The molecule has 330 valence electrons. The van der Waals surface area contributed by atoms with Crippen LogP contribution in [0.1, 0.15) is 16.8 Å². The van der Waals surface area contributed by atoms with Crippen LogP contribution in [0.15, 0.2) is 104 Å². The number of aliphatic carboxylic acids is 1. The third kappa shape index (κ3) is 10.2. The number of hydrogen-bond acceptors (Lipinski definition) is 13. The Labute approximate surface area is 378 Å². The predicted molar refractivity (Wildman–Crippen MR) is 244 cm³/mol. The van der Waals surface area contributed by atoms with E-state index >= 15 is 0 Å². The van der Waals surface area contributed by atoms with Crippen LogP contribution in [0.2, 0.25) is 5.02 Å². The summed E-state index contributed by atoms with van der Waals surface area (Å²) in [7, 11) is 2.12. The molecule has 1 saturated heterocycles. The number of aromatic nitrogens is 4. The maximum Gasteiger partial charge on any atom is 0.345 e. The van der Waals surface area contributed by atoms with Gasteiger partial charge in [0.25, 0.3) is 0 Å². The zero-order valence-corrected chi connectivity index (χ0v) is 36.8. The number of carboxylic acid groups (broad SMARTS) is 1. The lowest BCUT2D eigenvalue weighted by Gasteiger charge is -2.32. The Hall–Kier alpha value is -6.23. The first-order valence-corrected chi connectivity index (χ1v) is 22.0. The van der Waals surface area contributed by atoms with Crippen LogP contribution in [0.25, 0.3) is 43.2 Å². The van der Waals surface area contributed by atoms with Crippen molar-refractivity contribution < 1.29 is 38.3 Å². The fourth-order valence-electron chi connectivity index (χ4n) is 7.47. The normalized spacial score (nSPS) is 13.8. The van der Waals surface area contributed by atoms with Gasteiger partial charge in [0.05, 0.1) is 28.3 Å². The molecule has 1 fully saturated rings. The Morgan fingerprint density at radius 2 is 1.61 bits per heavy atom. The molecule has 0 unspecified atom stereocenters. The number of aliphatic hydroxyl groups is 1. The van der Waals surface area contributed by atoms with Crippen LogP contribution in [0.4, 0.5) is 4.39 Å². The first-order valence-electron chi connectivity index (χ1n) is 20.8. The van der Waals surface area contributed by atoms with Crippen molar-refractivity contribution in [2.24, 2.45) is 0 Å². The van der Waals surface area contributed by atoms with Crippen molar-refractivity contribution in [1.29, 1.82) is 0 Å². The lowest BCUT2D eigenvalue weighted by Crippen LogP contribution is -2.45. The highest BCUT2D eigenvalue weighted by Gasteiger charge is 2.28. The molecule has 1 aliphatic rings. The van der Waals surface area contributed by atoms with Crippen molar-refractivity contribution in [1.82, 2.24) is 29.7 Å². The van der Waals surface area contributed by atoms with Gasteiger partial charge in [0.15, 0.2) is 5.82 Å². The van der Waals surface area contributed by atoms with Gasteiger partial charge in [-0.05, 0) is 78.7 Å². The average molecular weight is 905 g/mol. The first kappa shape index (κ1) is 44.4. The lowest BCUT2D eigenvalue weighted by atomic mass is 9.96. The number of benzene rings is 4. The quantitative estimate of drug-likeness (QED) is 0.0852. The molecule has 0 amide bonds. The van der Waals surface area contributed by atoms with Crippen molar-refractivity contribution in [2.45, 2.75) is 26.1 Å². The van der Waals surface area contributed by atoms with E-state index in [0.29, 0.717) is 67.3 Å². The summed E-state index contributed by atoms with van der Waals surface area (Å²) in [5, 5.41) is 20.8. The van der Waals surface area contributed by atoms with Crippen LogP contribution in [-0.4, -0.2) is 112 Å². The highest BCUT2D eigenvalue weighted by atomic mass is 35.5. The van der Waals surface area contributed by atoms with Gasteiger partial charge in [-0.15, -0.1) is 11.3 Å². The summed E-state index contributed by atoms with van der Waals surface area (Å²) in [5.41, 5.74) is 4.69. The molecule has 1 atom stereocenters. The highest BCUT2D eigenvalue weighted by molar-refractivity contribution is 7.22. The maximum absolute atomic E-state index is 14.2. The minimum absolute atomic E-state index is 0.0593. The van der Waals surface area contributed by atoms with E-state index in [1.165, 1.54) is 29.8 Å². The summed E-state index contributed by atoms with van der Waals surface area (Å²) in [5.74, 6) is 0.432. The predicted octanol–water partition coefficient (Wildman–Crippen LogP) is 8.23. The van der Waals surface area contributed by atoms with Crippen molar-refractivity contribution in [3.8, 4) is 56.1 Å². The van der Waals surface area contributed by atoms with E-state index in [-0.39, 0.29) is 37.9 Å². The molecule has 3 aromatic heterocycles. The number of para-hydroxylation sites is 2. The molecule has 13 nitrogen and oxygen atoms in total. The molecule has 1 aliphatic heterocycles. The highest BCUT2D eigenvalue weighted by Crippen LogP contribution is 2.49. The maximum atomic E-state index is 14.2. The van der Waals surface area contributed by atoms with Crippen LogP contribution in [-0.2, 0) is 17.8 Å². The van der Waals surface area contributed by atoms with Crippen LogP contribution < -0.4 is 18.9 Å². The number of carbonyl (C=O) groups is 1. The number of aliphatic hydroxyl groups excluding tert-OH is 1. The van der Waals surface area contributed by atoms with Crippen LogP contribution >= 0.6 is 22.9 Å². The Morgan fingerprint density at radius 3 is 2.39 bits per heavy atom. The number of fused-ring (bicyclic) bond motifs is 1. The summed E-state index contributed by atoms with van der Waals surface area (Å²) in [6.45, 7) is 7.18. The second-order valence-corrected chi connectivity index (χ2v) is 16.6. The van der Waals surface area contributed by atoms with Gasteiger partial charge in [0, 0.05) is 55.8 Å². The Kier molecular flexibility index (Phi) is 14.2. The van der Waals surface area contributed by atoms with E-state index in [2.05, 4.69) is 31.8 Å². The van der Waals surface area contributed by atoms with Gasteiger partial charge in [-0.25, -0.2) is 29.1 Å². The van der Waals surface area contributed by atoms with E-state index in [1.807, 2.05) is 37.3 Å². The molecule has 2 N–H and O–H groups in total. The third-order valence-electron chi connectivity index (χ3n) is 10.9. The smallest absolute Gasteiger partial charge is 0.345 e. The van der Waals surface area contributed by atoms with Crippen molar-refractivity contribution in [3.05, 3.63) is 131 Å². The van der Waals surface area contributed by atoms with Gasteiger partial charge in [-0.2, -0.15) is 0 Å². The summed E-state index contributed by atoms with van der Waals surface area (Å²) in [6, 6.07) is 26.1. The number of likely N-dealkylation sites (N-methyl/N-ethyl adjacent to an activating group) is 1. The van der Waals surface area contributed by atoms with Gasteiger partial charge < -0.3 is 34.1 Å². The third-order valence-corrected chi connectivity index (χ3v) is 12.5. The van der Waals surface area contributed by atoms with Crippen molar-refractivity contribution >= 4 is 39.1 Å². The molecule has 0 spiro atoms. The van der Waals surface area contributed by atoms with E-state index < -0.39 is 12.1 Å². The van der Waals surface area contributed by atoms with Crippen molar-refractivity contribution in [2.75, 3.05) is 59.6 Å². The van der Waals surface area contributed by atoms with E-state index in [4.69, 9.17) is 35.5 Å². The Morgan fingerprint density at radius 1 is 0.859 bits per heavy atom. The van der Waals surface area contributed by atoms with Gasteiger partial charge in [-0.3, -0.25) is 4.90 Å². The average Bonchev–Trinajstić information content (AvgIpc) is 3.70. The van der Waals surface area contributed by atoms with Gasteiger partial charge >= 0.3 is 5.97 Å². The number of ether oxygens (including phenoxy) is 4. The monoisotopic (exact) mass is 904 g/mol. The van der Waals surface area contributed by atoms with E-state index in [9.17, 15) is 19.4 Å². The van der Waals surface area contributed by atoms with Crippen molar-refractivity contribution in [3.63, 3.8) is 0 Å². The van der Waals surface area contributed by atoms with Crippen LogP contribution in [0, 0.1) is 12.7 Å². The summed E-state index contributed by atoms with van der Waals surface area (Å²) >= 11 is 8.42. The van der Waals surface area contributed by atoms with Gasteiger partial charge in [0.1, 0.15) is 54.0 Å². The minimum atomic E-state index is -1.40. The summed E-state index contributed by atoms with van der Waals surface area (Å²) < 4.78 is 38.8. The molecule has 0 radical (unpaired) electrons. The molecule has 7 aromatic rings. The van der Waals surface area contributed by atoms with Gasteiger partial charge in [-0.1, -0.05) is 60.1 Å². The van der Waals surface area contributed by atoms with E-state index in [1.54, 1.807) is 54.7 Å². The number of thiophene rings is 1. The number of halogens is 2. The minimum Gasteiger partial charge on any atom is -0.491 e. The standard InChI is InChI=1S/C48H46ClFN6O7S/c1-30-35(15-16-39(43(30)49)60-25-23-56-21-19-55(2)20-22-56)41-42-46(52-29-53-47(42)64-44(41)31-11-13-33(50)14-12-31)63-40(48(58)59)27-32-7-3-5-9-37(32)62-28-34-17-18-51-45(54-34)36-8-4-6-10-38(36)61-26-24-57/h3-18,29,40,57H,19-28H2,1-2H3,(H,58,59)/t40-/m1/s1. The number of carboxylic acids is 1. The summed E-state index contributed by atoms with van der Waals surface area (Å²) in [4.78, 5) is 37.2. The zero-order chi connectivity index (χ0) is 44.6. The largest absolute Gasteiger partial charge is 0.491 e. The lowest BCUT2D eigenvalue weighted by molar-refractivity contribution is -0.145. The molecule has 0 aliphatic carbocycles. The molecule has 8 rings (SSSR count). The number of piperazine rings is 1. The van der Waals surface area contributed by atoms with E-state index in [0.717, 1.165) is 54.3 Å². The zero-order valence-electron chi connectivity index (χ0n) is 35.2. The molecule has 4 heterocycles. The fraction of sp³-hybridized carbons (Fsp3) is 0.271. The van der Waals surface area contributed by atoms with Gasteiger partial charge in [0.2, 0.25) is 12.0 Å². The Balaban J connectivity index is 1.07. The molecule has 4 aromatic carbocycles. The molecule has 0 saturated carbocycles. The topological polar surface area (TPSA) is 152 Å². The Bertz CT molecular complexity index is 2730. The second kappa shape index (κ2) is 20.5. The second-order valence-electron chi connectivity index (χ2n) is 15.2. The SMILES string of the molecule is Cc1c(-c2c(-c3ccc(F)cc3)sc3ncnc(O[C@H](Cc4ccccc4OCc4ccnc(-c5ccccc5OCCO)n4)C(=O)O)c23)ccc(OCCN2CCN(C)CC2)c1Cl. The van der Waals surface area contributed by atoms with Crippen LogP contribution in [0.5, 0.6) is 23.1 Å². The molecule has 0 bridgehead atoms. The molecule has 16 heteroatoms. The molecule has 64 heavy (non-hydrogen) atoms. The number of nitrogens with zero attached hydrogens (tertiary/aromatic N) is 6. The number of hydrogen-bond donors (Lipinski definition) is 2. The van der Waals surface area contributed by atoms with Crippen LogP contribution in [0.3, 0.4) is 0 Å². The number of rotatable bonds is 18. The first-order chi connectivity index (χ1) is 31.2. The molecular formula is C48H46ClFN6O7S. The summed E-state index contributed by atoms with van der Waals surface area (Å²) in [6.07, 6.45) is 1.50.